The van der Waals surface area contributed by atoms with Gasteiger partial charge < -0.3 is 50.7 Å². The molecule has 1 aliphatic heterocycles. The molecule has 9 N–H and O–H groups in total. The Bertz CT molecular complexity index is 320. The smallest absolute Gasteiger partial charge is 0.189 e. The predicted octanol–water partition coefficient (Wildman–Crippen LogP) is -5.96. The lowest BCUT2D eigenvalue weighted by atomic mass is 10.00. The number of carbonyl (C=O) groups is 1. The van der Waals surface area contributed by atoms with Crippen molar-refractivity contribution < 1.29 is 55.5 Å². The fraction of sp³-hybridized carbons (Fsp3) is 0.909. The van der Waals surface area contributed by atoms with Gasteiger partial charge in [0.05, 0.1) is 13.2 Å². The molecule has 1 rings (SSSR count). The molecule has 22 heavy (non-hydrogen) atoms. The van der Waals surface area contributed by atoms with Gasteiger partial charge in [-0.2, -0.15) is 0 Å². The van der Waals surface area contributed by atoms with Gasteiger partial charge in [0.15, 0.2) is 12.1 Å². The highest BCUT2D eigenvalue weighted by atomic mass is 16.6. The van der Waals surface area contributed by atoms with Crippen molar-refractivity contribution in [2.24, 2.45) is 0 Å². The third-order valence-corrected chi connectivity index (χ3v) is 2.90. The van der Waals surface area contributed by atoms with E-state index in [0.717, 1.165) is 0 Å². The van der Waals surface area contributed by atoms with Crippen LogP contribution in [0.5, 0.6) is 0 Å². The molecule has 0 aromatic rings. The monoisotopic (exact) mass is 330 g/mol. The molecule has 1 unspecified atom stereocenters. The van der Waals surface area contributed by atoms with Crippen LogP contribution in [0.15, 0.2) is 0 Å². The second-order valence-corrected chi connectivity index (χ2v) is 4.54. The van der Waals surface area contributed by atoms with E-state index >= 15 is 0 Å². The molecule has 7 atom stereocenters. The number of Topliss-reactive ketones (excluding diaryl/α,β-unsaturated/α-hetero) is 1. The summed E-state index contributed by atoms with van der Waals surface area (Å²) in [7, 11) is 0. The van der Waals surface area contributed by atoms with Crippen molar-refractivity contribution in [1.82, 2.24) is 0 Å². The van der Waals surface area contributed by atoms with Gasteiger partial charge in [0, 0.05) is 0 Å². The number of aliphatic hydroxyl groups is 9. The zero-order valence-electron chi connectivity index (χ0n) is 11.5. The minimum atomic E-state index is -1.69. The second-order valence-electron chi connectivity index (χ2n) is 4.54. The summed E-state index contributed by atoms with van der Waals surface area (Å²) >= 11 is 0. The summed E-state index contributed by atoms with van der Waals surface area (Å²) in [6, 6.07) is 0. The molecular weight excluding hydrogens is 308 g/mol. The van der Waals surface area contributed by atoms with Crippen molar-refractivity contribution >= 4 is 5.78 Å². The van der Waals surface area contributed by atoms with Gasteiger partial charge in [-0.05, 0) is 0 Å². The first-order chi connectivity index (χ1) is 10.2. The van der Waals surface area contributed by atoms with E-state index < -0.39 is 68.5 Å². The molecule has 1 fully saturated rings. The summed E-state index contributed by atoms with van der Waals surface area (Å²) in [4.78, 5) is 10.3. The maximum absolute atomic E-state index is 10.3. The van der Waals surface area contributed by atoms with Crippen LogP contribution in [0.2, 0.25) is 0 Å². The Kier molecular flexibility index (Phi) is 9.79. The van der Waals surface area contributed by atoms with Crippen LogP contribution in [0, 0.1) is 0 Å². The first kappa shape index (κ1) is 21.3. The molecule has 132 valence electrons. The maximum Gasteiger partial charge on any atom is 0.189 e. The quantitative estimate of drug-likeness (QED) is 0.232. The minimum absolute atomic E-state index is 0.526. The van der Waals surface area contributed by atoms with Crippen LogP contribution in [-0.2, 0) is 9.53 Å². The Labute approximate surface area is 125 Å². The van der Waals surface area contributed by atoms with E-state index in [9.17, 15) is 4.79 Å². The zero-order valence-corrected chi connectivity index (χ0v) is 11.5. The first-order valence-electron chi connectivity index (χ1n) is 6.30. The lowest BCUT2D eigenvalue weighted by molar-refractivity contribution is -0.286. The maximum atomic E-state index is 10.3. The van der Waals surface area contributed by atoms with Crippen LogP contribution in [0.25, 0.3) is 0 Å². The number of hydrogen-bond donors (Lipinski definition) is 9. The van der Waals surface area contributed by atoms with E-state index in [-0.39, 0.29) is 0 Å². The number of rotatable bonds is 5. The molecule has 0 saturated carbocycles. The molecule has 0 aliphatic carbocycles. The van der Waals surface area contributed by atoms with E-state index in [1.54, 1.807) is 0 Å². The summed E-state index contributed by atoms with van der Waals surface area (Å²) in [6.07, 6.45) is -10.2. The zero-order chi connectivity index (χ0) is 17.4. The van der Waals surface area contributed by atoms with Crippen molar-refractivity contribution in [2.75, 3.05) is 19.8 Å². The highest BCUT2D eigenvalue weighted by molar-refractivity contribution is 5.84. The van der Waals surface area contributed by atoms with E-state index in [1.807, 2.05) is 0 Å². The molecular formula is C11H22O11. The lowest BCUT2D eigenvalue weighted by Gasteiger charge is -2.37. The molecule has 1 heterocycles. The van der Waals surface area contributed by atoms with Crippen molar-refractivity contribution in [3.8, 4) is 0 Å². The summed E-state index contributed by atoms with van der Waals surface area (Å²) in [5, 5.41) is 78.3. The fourth-order valence-electron chi connectivity index (χ4n) is 1.49. The van der Waals surface area contributed by atoms with Crippen molar-refractivity contribution in [3.63, 3.8) is 0 Å². The third kappa shape index (κ3) is 5.81. The summed E-state index contributed by atoms with van der Waals surface area (Å²) in [6.45, 7) is -2.06. The Morgan fingerprint density at radius 2 is 1.50 bits per heavy atom. The summed E-state index contributed by atoms with van der Waals surface area (Å²) < 4.78 is 4.58. The molecule has 0 aromatic carbocycles. The molecule has 1 saturated heterocycles. The highest BCUT2D eigenvalue weighted by Gasteiger charge is 2.42. The number of hydrogen-bond acceptors (Lipinski definition) is 11. The van der Waals surface area contributed by atoms with Gasteiger partial charge in [0.25, 0.3) is 0 Å². The van der Waals surface area contributed by atoms with Crippen LogP contribution in [-0.4, -0.2) is 114 Å². The Morgan fingerprint density at radius 3 is 1.91 bits per heavy atom. The highest BCUT2D eigenvalue weighted by Crippen LogP contribution is 2.18. The van der Waals surface area contributed by atoms with E-state index in [1.165, 1.54) is 0 Å². The molecule has 11 heteroatoms. The lowest BCUT2D eigenvalue weighted by Crippen LogP contribution is -2.58. The van der Waals surface area contributed by atoms with E-state index in [4.69, 9.17) is 46.0 Å². The van der Waals surface area contributed by atoms with Crippen molar-refractivity contribution in [1.29, 1.82) is 0 Å². The summed E-state index contributed by atoms with van der Waals surface area (Å²) in [5.41, 5.74) is 0. The predicted molar refractivity (Wildman–Crippen MR) is 67.2 cm³/mol. The molecule has 0 radical (unpaired) electrons. The van der Waals surface area contributed by atoms with E-state index in [2.05, 4.69) is 4.74 Å². The fourth-order valence-corrected chi connectivity index (χ4v) is 1.49. The number of ether oxygens (including phenoxy) is 1. The first-order valence-corrected chi connectivity index (χ1v) is 6.30. The molecule has 0 amide bonds. The Balaban J connectivity index is 0.000000409. The van der Waals surface area contributed by atoms with Gasteiger partial charge in [-0.3, -0.25) is 4.79 Å². The normalized spacial score (nSPS) is 34.3. The van der Waals surface area contributed by atoms with Gasteiger partial charge in [-0.1, -0.05) is 0 Å². The molecule has 0 spiro atoms. The molecule has 0 aromatic heterocycles. The van der Waals surface area contributed by atoms with Crippen LogP contribution in [0.3, 0.4) is 0 Å². The van der Waals surface area contributed by atoms with E-state index in [0.29, 0.717) is 0 Å². The minimum Gasteiger partial charge on any atom is -0.394 e. The van der Waals surface area contributed by atoms with Gasteiger partial charge in [0.1, 0.15) is 43.2 Å². The average molecular weight is 330 g/mol. The number of ketones is 1. The summed E-state index contributed by atoms with van der Waals surface area (Å²) in [5.74, 6) is -0.901. The molecule has 11 nitrogen and oxygen atoms in total. The van der Waals surface area contributed by atoms with Gasteiger partial charge in [-0.15, -0.1) is 0 Å². The second kappa shape index (κ2) is 10.1. The van der Waals surface area contributed by atoms with Crippen molar-refractivity contribution in [3.05, 3.63) is 0 Å². The standard InChI is InChI=1S/C6H12O6.C5H10O5/c7-1-2-3(8)4(9)5(10)6(11)12-2;6-1-3(8)5(10)4(9)2-7/h2-11H,1H2;3,5-8,10H,1-2H2/t2-,3-,4+,5-,6?;3-,5+/m11/s1. The number of aliphatic hydroxyl groups excluding tert-OH is 9. The molecule has 0 bridgehead atoms. The largest absolute Gasteiger partial charge is 0.394 e. The van der Waals surface area contributed by atoms with Gasteiger partial charge in [0.2, 0.25) is 0 Å². The Morgan fingerprint density at radius 1 is 0.955 bits per heavy atom. The van der Waals surface area contributed by atoms with Gasteiger partial charge in [-0.25, -0.2) is 0 Å². The van der Waals surface area contributed by atoms with Crippen LogP contribution < -0.4 is 0 Å². The van der Waals surface area contributed by atoms with Crippen LogP contribution >= 0.6 is 0 Å². The third-order valence-electron chi connectivity index (χ3n) is 2.90. The SMILES string of the molecule is O=C(CO)[C@@H](O)[C@H](O)CO.OC[C@H]1OC(O)[C@H](O)[C@@H](O)[C@@H]1O. The topological polar surface area (TPSA) is 208 Å². The average Bonchev–Trinajstić information content (AvgIpc) is 2.54. The van der Waals surface area contributed by atoms with Gasteiger partial charge >= 0.3 is 0 Å². The van der Waals surface area contributed by atoms with Crippen molar-refractivity contribution in [2.45, 2.75) is 42.9 Å². The molecule has 1 aliphatic rings. The van der Waals surface area contributed by atoms with Crippen LogP contribution in [0.4, 0.5) is 0 Å². The number of carbonyl (C=O) groups excluding carboxylic acids is 1. The van der Waals surface area contributed by atoms with Crippen LogP contribution in [0.1, 0.15) is 0 Å². The Hall–Kier alpha value is -0.730.